The summed E-state index contributed by atoms with van der Waals surface area (Å²) in [5.74, 6) is -10.2. The highest BCUT2D eigenvalue weighted by atomic mass is 32.2. The van der Waals surface area contributed by atoms with Gasteiger partial charge in [-0.1, -0.05) is 144 Å². The van der Waals surface area contributed by atoms with Crippen LogP contribution in [-0.4, -0.2) is 334 Å². The number of hydrogen-bond donors (Lipinski definition) is 16. The van der Waals surface area contributed by atoms with Crippen molar-refractivity contribution in [3.8, 4) is 0 Å². The van der Waals surface area contributed by atoms with E-state index in [9.17, 15) is 73.7 Å². The first kappa shape index (κ1) is 75.2. The van der Waals surface area contributed by atoms with E-state index in [0.717, 1.165) is 40.7 Å². The molecule has 16 N–H and O–H groups in total. The zero-order valence-corrected chi connectivity index (χ0v) is 81.3. The Morgan fingerprint density at radius 3 is 0.847 bits per heavy atom. The lowest BCUT2D eigenvalue weighted by atomic mass is 10.1. The number of anilines is 4. The molecule has 8 aliphatic carbocycles. The Morgan fingerprint density at radius 2 is 0.611 bits per heavy atom. The van der Waals surface area contributed by atoms with Crippen molar-refractivity contribution in [1.29, 1.82) is 0 Å². The number of aromatic nitrogens is 20. The predicted octanol–water partition coefficient (Wildman–Crippen LogP) is 8.73. The van der Waals surface area contributed by atoms with Crippen LogP contribution in [0.3, 0.4) is 0 Å². The van der Waals surface area contributed by atoms with Crippen molar-refractivity contribution >= 4 is 115 Å². The molecule has 8 saturated carbocycles. The first-order chi connectivity index (χ1) is 79.7. The average Bonchev–Trinajstić information content (AvgIpc) is 1.52. The topological polar surface area (TPSA) is 554 Å². The zero-order valence-electron chi connectivity index (χ0n) is 106. The fourth-order valence-electron chi connectivity index (χ4n) is 16.7. The van der Waals surface area contributed by atoms with Gasteiger partial charge in [-0.25, -0.2) is 76.2 Å². The van der Waals surface area contributed by atoms with Gasteiger partial charge in [0, 0.05) is 124 Å². The summed E-state index contributed by atoms with van der Waals surface area (Å²) in [5, 5.41) is 167. The summed E-state index contributed by atoms with van der Waals surface area (Å²) in [6.45, 7) is -1.10. The second-order valence-corrected chi connectivity index (χ2v) is 37.6. The molecule has 776 valence electrons. The standard InChI is InChI=1S/4C24H31FN6O4S/c4*1-3-8-36-24-27-22(26-16-10-14(16)13-5-4-12(2)15(25)9-13)19-23(28-24)31(30-29-19)17-11-18(35-7-6-32)21(34)20(17)33/h4*4-5,9,14,16-18,20-21,32-34H,3,6-8,10-11H2,1-2H3,(H,26,27,28)/t4*14-,16+,17+,18-,20-,21+/m0000/s1/i6D2,7D2,8D2,10D2,14D;7D2,8D2,10D2,14D;6D2,8D2,10D2,14D;8D2,10D2,14D. The number of benzene rings is 4. The lowest BCUT2D eigenvalue weighted by Crippen LogP contribution is -2.33. The van der Waals surface area contributed by atoms with Gasteiger partial charge in [-0.2, -0.15) is 0 Å². The minimum absolute atomic E-state index is 0.00158. The SMILES string of the molecule is [2H]C([2H])(CC)Sc1nc(N[C@@H]2C([2H])([2H])[C@@]2([2H])c2ccc(C)c(F)c2)c2nnn([C@@H]3C[C@H](OC([2H])([2H])C([2H])([2H])O)[C@@H](O)[C@H]3O)c2n1.[2H]C([2H])(CC)Sc1nc(N[C@@H]2C([2H])([2H])[C@@]2([2H])c2ccc(C)c(F)c2)c2nnn([C@@H]3C[C@H](OCCO)[C@@H](O)[C@H]3O)c2n1.[2H]C([2H])(CO)O[C@H]1C[C@@H](n2nnc3c(N[C@@H]4C([2H])([2H])[C@@]4([2H])c4ccc(C)c(F)c4)nc(SC([2H])([2H])CC)nc32)[C@H](O)[C@@H]1O.[2H]C([2H])(O)CO[C@H]1C[C@@H](n2nnc3c(N[C@@H]4C([2H])([2H])[C@@]4([2H])c4ccc(C)c(F)c4)nc(SC([2H])([2H])CC)nc32)[C@H](O)[C@@H]1O. The van der Waals surface area contributed by atoms with Crippen LogP contribution in [0.5, 0.6) is 0 Å². The molecule has 0 saturated heterocycles. The Kier molecular flexibility index (Phi) is 24.7. The van der Waals surface area contributed by atoms with Crippen molar-refractivity contribution in [1.82, 2.24) is 99.8 Å². The van der Waals surface area contributed by atoms with Crippen LogP contribution in [0.2, 0.25) is 0 Å². The van der Waals surface area contributed by atoms with Gasteiger partial charge < -0.3 is 101 Å². The van der Waals surface area contributed by atoms with Crippen molar-refractivity contribution in [3.63, 3.8) is 0 Å². The molecule has 40 nitrogen and oxygen atoms in total. The number of aliphatic hydroxyl groups excluding tert-OH is 10. The zero-order chi connectivity index (χ0) is 127. The Morgan fingerprint density at radius 1 is 0.354 bits per heavy atom. The van der Waals surface area contributed by atoms with Crippen molar-refractivity contribution < 1.29 is 136 Å². The van der Waals surface area contributed by atoms with E-state index in [1.54, 1.807) is 48.5 Å². The van der Waals surface area contributed by atoms with E-state index < -0.39 is 256 Å². The minimum Gasteiger partial charge on any atom is -0.394 e. The fourth-order valence-corrected chi connectivity index (χ4v) is 18.9. The van der Waals surface area contributed by atoms with Crippen LogP contribution in [-0.2, 0) is 18.9 Å². The van der Waals surface area contributed by atoms with Crippen LogP contribution in [0.25, 0.3) is 44.7 Å². The van der Waals surface area contributed by atoms with Gasteiger partial charge in [-0.15, -0.1) is 20.4 Å². The van der Waals surface area contributed by atoms with Gasteiger partial charge in [0.05, 0.1) is 112 Å². The molecule has 8 aromatic heterocycles. The van der Waals surface area contributed by atoms with E-state index in [1.165, 1.54) is 69.5 Å². The molecule has 4 aromatic carbocycles. The van der Waals surface area contributed by atoms with Crippen LogP contribution in [0, 0.1) is 51.0 Å². The number of nitrogens with one attached hydrogen (secondary N) is 4. The fraction of sp³-hybridized carbons (Fsp3) is 0.583. The van der Waals surface area contributed by atoms with Crippen molar-refractivity contribution in [2.75, 3.05) is 96.8 Å². The normalized spacial score (nSPS) is 34.7. The van der Waals surface area contributed by atoms with Gasteiger partial charge in [0.1, 0.15) is 72.1 Å². The van der Waals surface area contributed by atoms with Crippen LogP contribution < -0.4 is 21.3 Å². The van der Waals surface area contributed by atoms with E-state index in [2.05, 4.69) is 102 Å². The van der Waals surface area contributed by atoms with E-state index >= 15 is 0 Å². The average molecular weight is 2100 g/mol. The predicted molar refractivity (Wildman–Crippen MR) is 530 cm³/mol. The molecule has 8 fully saturated rings. The van der Waals surface area contributed by atoms with Crippen LogP contribution in [0.1, 0.15) is 235 Å². The van der Waals surface area contributed by atoms with Gasteiger partial charge >= 0.3 is 0 Å². The summed E-state index contributed by atoms with van der Waals surface area (Å²) in [7, 11) is 0. The molecular weight excluding hydrogens is 1950 g/mol. The van der Waals surface area contributed by atoms with Gasteiger partial charge in [-0.3, -0.25) is 0 Å². The number of ether oxygens (including phenoxy) is 4. The molecule has 24 atom stereocenters. The molecule has 0 bridgehead atoms. The molecule has 0 unspecified atom stereocenters. The third-order valence-electron chi connectivity index (χ3n) is 24.5. The molecule has 0 aliphatic heterocycles. The number of aryl methyl sites for hydroxylation is 4. The van der Waals surface area contributed by atoms with Gasteiger partial charge in [0.15, 0.2) is 88.6 Å². The van der Waals surface area contributed by atoms with E-state index in [0.29, 0.717) is 57.5 Å². The second-order valence-electron chi connectivity index (χ2n) is 34.1. The first-order valence-corrected chi connectivity index (χ1v) is 49.1. The van der Waals surface area contributed by atoms with Crippen molar-refractivity contribution in [2.45, 2.75) is 298 Å². The van der Waals surface area contributed by atoms with Gasteiger partial charge in [-0.05, 0) is 148 Å². The molecular formula is C96H124F4N24O16S4. The van der Waals surface area contributed by atoms with Crippen molar-refractivity contribution in [2.24, 2.45) is 0 Å². The maximum absolute atomic E-state index is 14.4. The quantitative estimate of drug-likeness (QED) is 0.00969. The summed E-state index contributed by atoms with van der Waals surface area (Å²) in [6, 6.07) is 7.43. The largest absolute Gasteiger partial charge is 0.394 e. The maximum Gasteiger partial charge on any atom is 0.191 e. The number of rotatable bonds is 40. The Hall–Kier alpha value is -9.52. The Labute approximate surface area is 883 Å². The lowest BCUT2D eigenvalue weighted by Gasteiger charge is -2.17. The molecule has 20 rings (SSSR count). The monoisotopic (exact) mass is 2100 g/mol. The molecule has 8 heterocycles. The summed E-state index contributed by atoms with van der Waals surface area (Å²) in [4.78, 5) is 35.1. The number of fused-ring (bicyclic) bond motifs is 4. The highest BCUT2D eigenvalue weighted by molar-refractivity contribution is 7.99. The summed E-state index contributed by atoms with van der Waals surface area (Å²) in [6.07, 6.45) is -25.3. The number of aliphatic hydroxyl groups is 12. The van der Waals surface area contributed by atoms with E-state index in [-0.39, 0.29) is 175 Å². The molecule has 8 aliphatic rings. The Balaban J connectivity index is 0.000000152. The third kappa shape index (κ3) is 23.8. The molecule has 144 heavy (non-hydrogen) atoms. The summed E-state index contributed by atoms with van der Waals surface area (Å²) < 4.78 is 313. The van der Waals surface area contributed by atoms with Crippen LogP contribution in [0.4, 0.5) is 40.8 Å². The molecule has 0 radical (unpaired) electrons. The molecule has 0 amide bonds. The highest BCUT2D eigenvalue weighted by Crippen LogP contribution is 2.50. The second kappa shape index (κ2) is 47.3. The molecule has 12 aromatic rings. The molecule has 48 heteroatoms. The maximum atomic E-state index is 14.4. The highest BCUT2D eigenvalue weighted by Gasteiger charge is 2.51. The van der Waals surface area contributed by atoms with Gasteiger partial charge in [0.25, 0.3) is 0 Å². The minimum atomic E-state index is -3.43. The van der Waals surface area contributed by atoms with Crippen LogP contribution >= 0.6 is 47.0 Å². The summed E-state index contributed by atoms with van der Waals surface area (Å²) in [5.41, 5.74) is -5.30. The number of halogens is 4. The Bertz CT molecular complexity index is 7920. The third-order valence-corrected chi connectivity index (χ3v) is 27.7. The number of hydrogen-bond acceptors (Lipinski definition) is 40. The van der Waals surface area contributed by atoms with E-state index in [4.69, 9.17) is 62.4 Å². The van der Waals surface area contributed by atoms with Crippen molar-refractivity contribution in [3.05, 3.63) is 141 Å². The first-order valence-electron chi connectivity index (χ1n) is 59.8. The smallest absolute Gasteiger partial charge is 0.191 e. The lowest BCUT2D eigenvalue weighted by molar-refractivity contribution is -0.0629. The van der Waals surface area contributed by atoms with E-state index in [1.807, 2.05) is 0 Å². The number of nitrogens with zero attached hydrogens (tertiary/aromatic N) is 20. The van der Waals surface area contributed by atoms with Gasteiger partial charge in [0.2, 0.25) is 0 Å². The summed E-state index contributed by atoms with van der Waals surface area (Å²) >= 11 is 2.77. The number of thioether (sulfide) groups is 4. The van der Waals surface area contributed by atoms with Crippen LogP contribution in [0.15, 0.2) is 93.4 Å². The molecule has 0 spiro atoms.